The van der Waals surface area contributed by atoms with Gasteiger partial charge in [-0.3, -0.25) is 0 Å². The topological polar surface area (TPSA) is 92.8 Å². The highest BCUT2D eigenvalue weighted by Gasteiger charge is 2.24. The lowest BCUT2D eigenvalue weighted by Gasteiger charge is -2.19. The summed E-state index contributed by atoms with van der Waals surface area (Å²) in [6.45, 7) is 1.58. The third kappa shape index (κ3) is 3.25. The van der Waals surface area contributed by atoms with Crippen molar-refractivity contribution >= 4 is 5.97 Å². The van der Waals surface area contributed by atoms with Crippen LogP contribution in [0.15, 0.2) is 18.2 Å². The maximum atomic E-state index is 13.1. The van der Waals surface area contributed by atoms with Crippen LogP contribution in [0.4, 0.5) is 4.39 Å². The lowest BCUT2D eigenvalue weighted by atomic mass is 9.98. The van der Waals surface area contributed by atoms with E-state index < -0.39 is 24.0 Å². The SMILES string of the molecule is CCOC(=O)c1ccc(F)cc1C(O)C(O)CN. The number of benzene rings is 1. The molecule has 2 unspecified atom stereocenters. The maximum absolute atomic E-state index is 13.1. The second-order valence-electron chi connectivity index (χ2n) is 3.70. The zero-order chi connectivity index (χ0) is 13.7. The minimum absolute atomic E-state index is 0.0123. The van der Waals surface area contributed by atoms with Crippen molar-refractivity contribution in [3.05, 3.63) is 35.1 Å². The fourth-order valence-corrected chi connectivity index (χ4v) is 1.51. The number of carbonyl (C=O) groups excluding carboxylic acids is 1. The van der Waals surface area contributed by atoms with Gasteiger partial charge in [0, 0.05) is 12.1 Å². The number of aliphatic hydroxyl groups excluding tert-OH is 2. The van der Waals surface area contributed by atoms with Crippen LogP contribution in [0.1, 0.15) is 28.9 Å². The average Bonchev–Trinajstić information content (AvgIpc) is 2.37. The summed E-state index contributed by atoms with van der Waals surface area (Å²) in [5.41, 5.74) is 5.19. The molecule has 0 aliphatic rings. The number of hydrogen-bond acceptors (Lipinski definition) is 5. The van der Waals surface area contributed by atoms with Gasteiger partial charge >= 0.3 is 5.97 Å². The van der Waals surface area contributed by atoms with Gasteiger partial charge < -0.3 is 20.7 Å². The summed E-state index contributed by atoms with van der Waals surface area (Å²) < 4.78 is 17.9. The summed E-state index contributed by atoms with van der Waals surface area (Å²) in [5.74, 6) is -1.31. The third-order valence-electron chi connectivity index (χ3n) is 2.43. The van der Waals surface area contributed by atoms with Gasteiger partial charge in [-0.25, -0.2) is 9.18 Å². The van der Waals surface area contributed by atoms with Crippen molar-refractivity contribution in [3.63, 3.8) is 0 Å². The molecule has 1 aromatic rings. The van der Waals surface area contributed by atoms with Crippen LogP contribution in [0.5, 0.6) is 0 Å². The molecule has 1 aromatic carbocycles. The van der Waals surface area contributed by atoms with Crippen LogP contribution in [0.2, 0.25) is 0 Å². The number of aliphatic hydroxyl groups is 2. The molecule has 0 saturated carbocycles. The van der Waals surface area contributed by atoms with E-state index in [9.17, 15) is 19.4 Å². The predicted octanol–water partition coefficient (Wildman–Crippen LogP) is 0.355. The Morgan fingerprint density at radius 2 is 2.17 bits per heavy atom. The quantitative estimate of drug-likeness (QED) is 0.662. The van der Waals surface area contributed by atoms with Crippen LogP contribution in [0.3, 0.4) is 0 Å². The molecule has 5 nitrogen and oxygen atoms in total. The molecule has 0 saturated heterocycles. The molecule has 0 aliphatic carbocycles. The van der Waals surface area contributed by atoms with Gasteiger partial charge in [0.15, 0.2) is 0 Å². The molecule has 0 spiro atoms. The standard InChI is InChI=1S/C12H16FNO4/c1-2-18-12(17)8-4-3-7(13)5-9(8)11(16)10(15)6-14/h3-5,10-11,15-16H,2,6,14H2,1H3. The summed E-state index contributed by atoms with van der Waals surface area (Å²) in [7, 11) is 0. The molecule has 0 heterocycles. The van der Waals surface area contributed by atoms with Gasteiger partial charge in [0.2, 0.25) is 0 Å². The Balaban J connectivity index is 3.14. The van der Waals surface area contributed by atoms with E-state index in [4.69, 9.17) is 10.5 Å². The van der Waals surface area contributed by atoms with E-state index >= 15 is 0 Å². The minimum Gasteiger partial charge on any atom is -0.462 e. The largest absolute Gasteiger partial charge is 0.462 e. The molecule has 2 atom stereocenters. The summed E-state index contributed by atoms with van der Waals surface area (Å²) in [6.07, 6.45) is -2.72. The molecule has 0 bridgehead atoms. The highest BCUT2D eigenvalue weighted by molar-refractivity contribution is 5.91. The van der Waals surface area contributed by atoms with Crippen LogP contribution < -0.4 is 5.73 Å². The predicted molar refractivity (Wildman–Crippen MR) is 62.4 cm³/mol. The summed E-state index contributed by atoms with van der Waals surface area (Å²) in [5, 5.41) is 19.3. The van der Waals surface area contributed by atoms with E-state index in [1.807, 2.05) is 0 Å². The van der Waals surface area contributed by atoms with Gasteiger partial charge in [-0.05, 0) is 25.1 Å². The van der Waals surface area contributed by atoms with Crippen LogP contribution >= 0.6 is 0 Å². The number of carbonyl (C=O) groups is 1. The second kappa shape index (κ2) is 6.44. The molecular formula is C12H16FNO4. The third-order valence-corrected chi connectivity index (χ3v) is 2.43. The fourth-order valence-electron chi connectivity index (χ4n) is 1.51. The van der Waals surface area contributed by atoms with Crippen molar-refractivity contribution < 1.29 is 24.1 Å². The van der Waals surface area contributed by atoms with E-state index in [1.54, 1.807) is 6.92 Å². The molecule has 4 N–H and O–H groups in total. The Bertz CT molecular complexity index is 425. The molecule has 0 aliphatic heterocycles. The van der Waals surface area contributed by atoms with Gasteiger partial charge in [-0.15, -0.1) is 0 Å². The van der Waals surface area contributed by atoms with Crippen molar-refractivity contribution in [3.8, 4) is 0 Å². The van der Waals surface area contributed by atoms with Crippen LogP contribution in [-0.2, 0) is 4.74 Å². The molecule has 100 valence electrons. The molecule has 18 heavy (non-hydrogen) atoms. The van der Waals surface area contributed by atoms with Crippen LogP contribution in [-0.4, -0.2) is 35.4 Å². The minimum atomic E-state index is -1.44. The molecule has 0 radical (unpaired) electrons. The molecular weight excluding hydrogens is 241 g/mol. The number of rotatable bonds is 5. The highest BCUT2D eigenvalue weighted by Crippen LogP contribution is 2.23. The smallest absolute Gasteiger partial charge is 0.338 e. The van der Waals surface area contributed by atoms with E-state index in [1.165, 1.54) is 6.07 Å². The first-order valence-electron chi connectivity index (χ1n) is 5.54. The summed E-state index contributed by atoms with van der Waals surface area (Å²) in [6, 6.07) is 3.27. The number of halogens is 1. The van der Waals surface area contributed by atoms with E-state index in [0.29, 0.717) is 0 Å². The van der Waals surface area contributed by atoms with E-state index in [2.05, 4.69) is 0 Å². The molecule has 6 heteroatoms. The van der Waals surface area contributed by atoms with Crippen molar-refractivity contribution in [2.45, 2.75) is 19.1 Å². The van der Waals surface area contributed by atoms with Gasteiger partial charge in [-0.1, -0.05) is 0 Å². The van der Waals surface area contributed by atoms with E-state index in [0.717, 1.165) is 12.1 Å². The van der Waals surface area contributed by atoms with Crippen LogP contribution in [0, 0.1) is 5.82 Å². The van der Waals surface area contributed by atoms with Crippen LogP contribution in [0.25, 0.3) is 0 Å². The van der Waals surface area contributed by atoms with Crippen molar-refractivity contribution in [2.24, 2.45) is 5.73 Å². The van der Waals surface area contributed by atoms with Crippen molar-refractivity contribution in [1.29, 1.82) is 0 Å². The van der Waals surface area contributed by atoms with Gasteiger partial charge in [0.05, 0.1) is 18.3 Å². The first-order chi connectivity index (χ1) is 8.51. The fraction of sp³-hybridized carbons (Fsp3) is 0.417. The van der Waals surface area contributed by atoms with Gasteiger partial charge in [0.25, 0.3) is 0 Å². The summed E-state index contributed by atoms with van der Waals surface area (Å²) in [4.78, 5) is 11.6. The molecule has 0 aromatic heterocycles. The average molecular weight is 257 g/mol. The van der Waals surface area contributed by atoms with Gasteiger partial charge in [0.1, 0.15) is 11.9 Å². The number of esters is 1. The zero-order valence-corrected chi connectivity index (χ0v) is 9.97. The monoisotopic (exact) mass is 257 g/mol. The van der Waals surface area contributed by atoms with Crippen molar-refractivity contribution in [2.75, 3.05) is 13.2 Å². The summed E-state index contributed by atoms with van der Waals surface area (Å²) >= 11 is 0. The van der Waals surface area contributed by atoms with Gasteiger partial charge in [-0.2, -0.15) is 0 Å². The maximum Gasteiger partial charge on any atom is 0.338 e. The first-order valence-corrected chi connectivity index (χ1v) is 5.54. The Hall–Kier alpha value is -1.50. The number of nitrogens with two attached hydrogens (primary N) is 1. The van der Waals surface area contributed by atoms with E-state index in [-0.39, 0.29) is 24.3 Å². The number of hydrogen-bond donors (Lipinski definition) is 3. The molecule has 0 fully saturated rings. The normalized spacial score (nSPS) is 14.1. The Kier molecular flexibility index (Phi) is 5.21. The highest BCUT2D eigenvalue weighted by atomic mass is 19.1. The second-order valence-corrected chi connectivity index (χ2v) is 3.70. The zero-order valence-electron chi connectivity index (χ0n) is 9.97. The lowest BCUT2D eigenvalue weighted by Crippen LogP contribution is -2.28. The Morgan fingerprint density at radius 1 is 1.50 bits per heavy atom. The Labute approximate surface area is 104 Å². The molecule has 0 amide bonds. The Morgan fingerprint density at radius 3 is 2.72 bits per heavy atom. The number of ether oxygens (including phenoxy) is 1. The first kappa shape index (κ1) is 14.6. The molecule has 1 rings (SSSR count). The van der Waals surface area contributed by atoms with Crippen molar-refractivity contribution in [1.82, 2.24) is 0 Å². The lowest BCUT2D eigenvalue weighted by molar-refractivity contribution is 0.0222.